The smallest absolute Gasteiger partial charge is 0.223 e. The number of carbonyl (C=O) groups excluding carboxylic acids is 1. The van der Waals surface area contributed by atoms with Crippen molar-refractivity contribution in [2.75, 3.05) is 5.33 Å². The highest BCUT2D eigenvalue weighted by Gasteiger charge is 2.32. The van der Waals surface area contributed by atoms with E-state index in [9.17, 15) is 4.79 Å². The van der Waals surface area contributed by atoms with Crippen molar-refractivity contribution in [1.82, 2.24) is 5.32 Å². The lowest BCUT2D eigenvalue weighted by atomic mass is 10.1. The van der Waals surface area contributed by atoms with Gasteiger partial charge in [0, 0.05) is 17.3 Å². The van der Waals surface area contributed by atoms with Crippen LogP contribution in [0, 0.1) is 11.8 Å². The molecule has 3 heteroatoms. The van der Waals surface area contributed by atoms with Crippen LogP contribution in [-0.4, -0.2) is 17.3 Å². The van der Waals surface area contributed by atoms with Gasteiger partial charge in [-0.25, -0.2) is 0 Å². The Hall–Kier alpha value is -0.0500. The van der Waals surface area contributed by atoms with E-state index in [-0.39, 0.29) is 11.8 Å². The zero-order chi connectivity index (χ0) is 9.84. The van der Waals surface area contributed by atoms with Crippen LogP contribution >= 0.6 is 15.9 Å². The lowest BCUT2D eigenvalue weighted by Gasteiger charge is -2.17. The lowest BCUT2D eigenvalue weighted by molar-refractivity contribution is -0.125. The molecule has 2 nitrogen and oxygen atoms in total. The molecule has 1 saturated carbocycles. The second-order valence-electron chi connectivity index (χ2n) is 3.89. The van der Waals surface area contributed by atoms with Gasteiger partial charge in [-0.1, -0.05) is 29.8 Å². The molecule has 1 fully saturated rings. The van der Waals surface area contributed by atoms with Gasteiger partial charge in [0.1, 0.15) is 0 Å². The average Bonchev–Trinajstić information content (AvgIpc) is 2.95. The normalized spacial score (nSPS) is 20.8. The minimum Gasteiger partial charge on any atom is -0.352 e. The van der Waals surface area contributed by atoms with Crippen LogP contribution in [-0.2, 0) is 4.79 Å². The maximum Gasteiger partial charge on any atom is 0.223 e. The van der Waals surface area contributed by atoms with Gasteiger partial charge in [0.15, 0.2) is 0 Å². The molecule has 2 atom stereocenters. The molecule has 0 aromatic heterocycles. The predicted molar refractivity (Wildman–Crippen MR) is 57.9 cm³/mol. The van der Waals surface area contributed by atoms with Crippen LogP contribution in [0.25, 0.3) is 0 Å². The lowest BCUT2D eigenvalue weighted by Crippen LogP contribution is -2.39. The Balaban J connectivity index is 2.29. The van der Waals surface area contributed by atoms with Crippen LogP contribution in [0.5, 0.6) is 0 Å². The molecule has 0 heterocycles. The van der Waals surface area contributed by atoms with Crippen LogP contribution in [0.2, 0.25) is 0 Å². The Bertz CT molecular complexity index is 176. The topological polar surface area (TPSA) is 29.1 Å². The van der Waals surface area contributed by atoms with E-state index in [1.165, 1.54) is 12.8 Å². The van der Waals surface area contributed by atoms with Crippen LogP contribution in [0.3, 0.4) is 0 Å². The van der Waals surface area contributed by atoms with Crippen molar-refractivity contribution in [3.8, 4) is 0 Å². The summed E-state index contributed by atoms with van der Waals surface area (Å²) in [6, 6.07) is 0.300. The Morgan fingerprint density at radius 2 is 2.23 bits per heavy atom. The maximum atomic E-state index is 11.6. The zero-order valence-electron chi connectivity index (χ0n) is 8.35. The first-order valence-corrected chi connectivity index (χ1v) is 6.17. The number of nitrogens with one attached hydrogen (secondary N) is 1. The molecule has 76 valence electrons. The Labute approximate surface area is 88.6 Å². The summed E-state index contributed by atoms with van der Waals surface area (Å²) in [5, 5.41) is 3.91. The van der Waals surface area contributed by atoms with Gasteiger partial charge < -0.3 is 5.32 Å². The quantitative estimate of drug-likeness (QED) is 0.743. The van der Waals surface area contributed by atoms with Gasteiger partial charge in [-0.2, -0.15) is 0 Å². The van der Waals surface area contributed by atoms with E-state index in [2.05, 4.69) is 28.2 Å². The van der Waals surface area contributed by atoms with Crippen LogP contribution in [0.4, 0.5) is 0 Å². The fraction of sp³-hybridized carbons (Fsp3) is 0.900. The van der Waals surface area contributed by atoms with E-state index in [4.69, 9.17) is 0 Å². The summed E-state index contributed by atoms with van der Waals surface area (Å²) in [7, 11) is 0. The third-order valence-corrected chi connectivity index (χ3v) is 3.55. The molecular formula is C10H18BrNO. The number of amides is 1. The minimum absolute atomic E-state index is 0.216. The molecule has 1 aliphatic rings. The van der Waals surface area contributed by atoms with Crippen molar-refractivity contribution in [2.24, 2.45) is 11.8 Å². The molecule has 0 bridgehead atoms. The highest BCUT2D eigenvalue weighted by atomic mass is 79.9. The molecule has 1 N–H and O–H groups in total. The third-order valence-electron chi connectivity index (χ3n) is 2.77. The molecule has 1 amide bonds. The zero-order valence-corrected chi connectivity index (χ0v) is 9.93. The van der Waals surface area contributed by atoms with Gasteiger partial charge >= 0.3 is 0 Å². The molecule has 0 radical (unpaired) electrons. The minimum atomic E-state index is 0.216. The van der Waals surface area contributed by atoms with E-state index in [1.807, 2.05) is 6.92 Å². The highest BCUT2D eigenvalue weighted by molar-refractivity contribution is 9.09. The maximum absolute atomic E-state index is 11.6. The van der Waals surface area contributed by atoms with Gasteiger partial charge in [-0.3, -0.25) is 4.79 Å². The molecule has 0 aromatic rings. The van der Waals surface area contributed by atoms with E-state index >= 15 is 0 Å². The van der Waals surface area contributed by atoms with E-state index in [0.29, 0.717) is 12.0 Å². The van der Waals surface area contributed by atoms with Gasteiger partial charge in [0.05, 0.1) is 0 Å². The van der Waals surface area contributed by atoms with Gasteiger partial charge in [0.25, 0.3) is 0 Å². The summed E-state index contributed by atoms with van der Waals surface area (Å²) in [6.07, 6.45) is 3.47. The van der Waals surface area contributed by atoms with Crippen molar-refractivity contribution < 1.29 is 4.79 Å². The SMILES string of the molecule is CCC(CBr)NC(=O)C(C)C1CC1. The molecule has 0 aromatic carbocycles. The molecule has 1 aliphatic carbocycles. The number of alkyl halides is 1. The Kier molecular flexibility index (Phi) is 4.23. The number of hydrogen-bond donors (Lipinski definition) is 1. The summed E-state index contributed by atoms with van der Waals surface area (Å²) in [5.41, 5.74) is 0. The first-order valence-electron chi connectivity index (χ1n) is 5.05. The van der Waals surface area contributed by atoms with Crippen molar-refractivity contribution in [3.63, 3.8) is 0 Å². The van der Waals surface area contributed by atoms with Crippen molar-refractivity contribution in [2.45, 2.75) is 39.2 Å². The van der Waals surface area contributed by atoms with Crippen molar-refractivity contribution in [1.29, 1.82) is 0 Å². The summed E-state index contributed by atoms with van der Waals surface area (Å²) in [4.78, 5) is 11.6. The van der Waals surface area contributed by atoms with Crippen molar-refractivity contribution in [3.05, 3.63) is 0 Å². The van der Waals surface area contributed by atoms with Crippen LogP contribution in [0.1, 0.15) is 33.1 Å². The van der Waals surface area contributed by atoms with E-state index in [1.54, 1.807) is 0 Å². The van der Waals surface area contributed by atoms with Crippen LogP contribution in [0.15, 0.2) is 0 Å². The summed E-state index contributed by atoms with van der Waals surface area (Å²) < 4.78 is 0. The largest absolute Gasteiger partial charge is 0.352 e. The van der Waals surface area contributed by atoms with Crippen molar-refractivity contribution >= 4 is 21.8 Å². The number of carbonyl (C=O) groups is 1. The second-order valence-corrected chi connectivity index (χ2v) is 4.54. The number of hydrogen-bond acceptors (Lipinski definition) is 1. The Morgan fingerprint density at radius 3 is 2.62 bits per heavy atom. The number of rotatable bonds is 5. The van der Waals surface area contributed by atoms with Crippen LogP contribution < -0.4 is 5.32 Å². The first kappa shape index (κ1) is 11.0. The van der Waals surface area contributed by atoms with Gasteiger partial charge in [-0.05, 0) is 25.2 Å². The van der Waals surface area contributed by atoms with Gasteiger partial charge in [0.2, 0.25) is 5.91 Å². The standard InChI is InChI=1S/C10H18BrNO/c1-3-9(6-11)12-10(13)7(2)8-4-5-8/h7-9H,3-6H2,1-2H3,(H,12,13). The Morgan fingerprint density at radius 1 is 1.62 bits per heavy atom. The molecule has 0 spiro atoms. The summed E-state index contributed by atoms with van der Waals surface area (Å²) in [6.45, 7) is 4.13. The average molecular weight is 248 g/mol. The molecule has 1 rings (SSSR count). The second kappa shape index (κ2) is 4.99. The molecular weight excluding hydrogens is 230 g/mol. The first-order chi connectivity index (χ1) is 6.19. The molecule has 13 heavy (non-hydrogen) atoms. The fourth-order valence-corrected chi connectivity index (χ4v) is 2.01. The molecule has 2 unspecified atom stereocenters. The molecule has 0 aliphatic heterocycles. The molecule has 0 saturated heterocycles. The summed E-state index contributed by atoms with van der Waals surface area (Å²) in [5.74, 6) is 1.11. The fourth-order valence-electron chi connectivity index (χ4n) is 1.39. The number of halogens is 1. The van der Waals surface area contributed by atoms with Gasteiger partial charge in [-0.15, -0.1) is 0 Å². The predicted octanol–water partition coefficient (Wildman–Crippen LogP) is 2.32. The van der Waals surface area contributed by atoms with E-state index < -0.39 is 0 Å². The highest BCUT2D eigenvalue weighted by Crippen LogP contribution is 2.36. The van der Waals surface area contributed by atoms with E-state index in [0.717, 1.165) is 11.8 Å². The summed E-state index contributed by atoms with van der Waals surface area (Å²) >= 11 is 3.39. The third kappa shape index (κ3) is 3.29. The monoisotopic (exact) mass is 247 g/mol.